The highest BCUT2D eigenvalue weighted by Gasteiger charge is 2.19. The van der Waals surface area contributed by atoms with Gasteiger partial charge in [-0.25, -0.2) is 4.39 Å². The van der Waals surface area contributed by atoms with Crippen LogP contribution in [0.1, 0.15) is 18.3 Å². The van der Waals surface area contributed by atoms with Gasteiger partial charge in [0.25, 0.3) is 0 Å². The van der Waals surface area contributed by atoms with Crippen molar-refractivity contribution in [3.63, 3.8) is 0 Å². The molecule has 0 saturated carbocycles. The molecule has 136 valence electrons. The fourth-order valence-corrected chi connectivity index (χ4v) is 2.52. The van der Waals surface area contributed by atoms with Crippen molar-refractivity contribution in [2.45, 2.75) is 25.9 Å². The molecule has 0 aromatic carbocycles. The molecule has 0 saturated heterocycles. The number of rotatable bonds is 5. The molecule has 3 aromatic heterocycles. The standard InChI is InChI=1S/C15H16ClFN6.2ClH/c1-8(18)6-10-12(17)11-13(22-15(16)23-14(11)21-10)20-7-9-4-2-3-5-19-9;;/h2-5,8H,6-7,18H2,1H3,(H2,20,21,22,23);2*1H/t8-;;/m0../s1. The minimum absolute atomic E-state index is 0. The lowest BCUT2D eigenvalue weighted by atomic mass is 10.2. The number of hydrogen-bond acceptors (Lipinski definition) is 5. The van der Waals surface area contributed by atoms with Gasteiger partial charge in [-0.1, -0.05) is 6.07 Å². The van der Waals surface area contributed by atoms with Gasteiger partial charge in [0, 0.05) is 18.7 Å². The van der Waals surface area contributed by atoms with E-state index in [2.05, 4.69) is 25.3 Å². The largest absolute Gasteiger partial charge is 0.364 e. The Balaban J connectivity index is 0.00000156. The maximum atomic E-state index is 14.6. The zero-order valence-corrected chi connectivity index (χ0v) is 15.7. The monoisotopic (exact) mass is 406 g/mol. The number of nitrogens with zero attached hydrogens (tertiary/aromatic N) is 3. The molecule has 0 aliphatic carbocycles. The highest BCUT2D eigenvalue weighted by molar-refractivity contribution is 6.28. The summed E-state index contributed by atoms with van der Waals surface area (Å²) >= 11 is 5.93. The smallest absolute Gasteiger partial charge is 0.226 e. The molecule has 0 aliphatic heterocycles. The molecule has 0 unspecified atom stereocenters. The molecule has 10 heteroatoms. The predicted molar refractivity (Wildman–Crippen MR) is 102 cm³/mol. The van der Waals surface area contributed by atoms with E-state index in [1.165, 1.54) is 0 Å². The van der Waals surface area contributed by atoms with Crippen LogP contribution in [0.4, 0.5) is 10.2 Å². The second-order valence-electron chi connectivity index (χ2n) is 5.34. The van der Waals surface area contributed by atoms with E-state index in [9.17, 15) is 4.39 Å². The SMILES string of the molecule is C[C@H](N)Cc1[nH]c2nc(Cl)nc(NCc3ccccn3)c2c1F.Cl.Cl. The molecule has 3 aromatic rings. The molecular weight excluding hydrogens is 390 g/mol. The fraction of sp³-hybridized carbons (Fsp3) is 0.267. The Hall–Kier alpha value is -1.67. The summed E-state index contributed by atoms with van der Waals surface area (Å²) < 4.78 is 14.6. The summed E-state index contributed by atoms with van der Waals surface area (Å²) in [7, 11) is 0. The second-order valence-corrected chi connectivity index (χ2v) is 5.68. The molecule has 3 heterocycles. The van der Waals surface area contributed by atoms with E-state index in [4.69, 9.17) is 17.3 Å². The molecule has 0 bridgehead atoms. The number of nitrogens with one attached hydrogen (secondary N) is 2. The third kappa shape index (κ3) is 4.92. The van der Waals surface area contributed by atoms with Crippen LogP contribution in [0.15, 0.2) is 24.4 Å². The van der Waals surface area contributed by atoms with Crippen molar-refractivity contribution in [3.8, 4) is 0 Å². The maximum Gasteiger partial charge on any atom is 0.226 e. The van der Waals surface area contributed by atoms with Crippen LogP contribution in [-0.4, -0.2) is 26.0 Å². The normalized spacial score (nSPS) is 11.5. The fourth-order valence-electron chi connectivity index (χ4n) is 2.35. The molecule has 25 heavy (non-hydrogen) atoms. The predicted octanol–water partition coefficient (Wildman–Crippen LogP) is 3.49. The molecule has 0 radical (unpaired) electrons. The Morgan fingerprint density at radius 1 is 1.32 bits per heavy atom. The van der Waals surface area contributed by atoms with Crippen LogP contribution >= 0.6 is 36.4 Å². The molecule has 3 rings (SSSR count). The van der Waals surface area contributed by atoms with Crippen molar-refractivity contribution in [3.05, 3.63) is 46.9 Å². The van der Waals surface area contributed by atoms with Crippen LogP contribution < -0.4 is 11.1 Å². The van der Waals surface area contributed by atoms with Crippen molar-refractivity contribution in [2.24, 2.45) is 5.73 Å². The zero-order chi connectivity index (χ0) is 16.4. The van der Waals surface area contributed by atoms with E-state index in [1.807, 2.05) is 25.1 Å². The van der Waals surface area contributed by atoms with E-state index in [0.29, 0.717) is 30.1 Å². The molecule has 0 fully saturated rings. The zero-order valence-electron chi connectivity index (χ0n) is 13.3. The number of aromatic amines is 1. The summed E-state index contributed by atoms with van der Waals surface area (Å²) in [5, 5.41) is 3.38. The van der Waals surface area contributed by atoms with Crippen molar-refractivity contribution in [1.29, 1.82) is 0 Å². The number of nitrogens with two attached hydrogens (primary N) is 1. The lowest BCUT2D eigenvalue weighted by Gasteiger charge is -2.06. The number of H-pyrrole nitrogens is 1. The average molecular weight is 408 g/mol. The van der Waals surface area contributed by atoms with Gasteiger partial charge in [-0.2, -0.15) is 9.97 Å². The lowest BCUT2D eigenvalue weighted by molar-refractivity contribution is 0.602. The minimum Gasteiger partial charge on any atom is -0.364 e. The molecule has 0 spiro atoms. The summed E-state index contributed by atoms with van der Waals surface area (Å²) in [6, 6.07) is 5.40. The van der Waals surface area contributed by atoms with Crippen LogP contribution in [0.2, 0.25) is 5.28 Å². The number of halogens is 4. The Kier molecular flexibility index (Phi) is 7.82. The van der Waals surface area contributed by atoms with Gasteiger partial charge in [-0.15, -0.1) is 24.8 Å². The first-order chi connectivity index (χ1) is 11.0. The van der Waals surface area contributed by atoms with Gasteiger partial charge in [-0.3, -0.25) is 4.98 Å². The number of aromatic nitrogens is 4. The van der Waals surface area contributed by atoms with Gasteiger partial charge >= 0.3 is 0 Å². The van der Waals surface area contributed by atoms with Gasteiger partial charge in [0.05, 0.1) is 23.3 Å². The van der Waals surface area contributed by atoms with Gasteiger partial charge in [0.2, 0.25) is 5.28 Å². The topological polar surface area (TPSA) is 92.5 Å². The van der Waals surface area contributed by atoms with Gasteiger partial charge < -0.3 is 16.0 Å². The summed E-state index contributed by atoms with van der Waals surface area (Å²) in [5.74, 6) is -0.0761. The van der Waals surface area contributed by atoms with Crippen LogP contribution in [0.3, 0.4) is 0 Å². The van der Waals surface area contributed by atoms with Crippen LogP contribution in [0, 0.1) is 5.82 Å². The number of fused-ring (bicyclic) bond motifs is 1. The van der Waals surface area contributed by atoms with Crippen LogP contribution in [0.5, 0.6) is 0 Å². The molecule has 1 atom stereocenters. The third-order valence-electron chi connectivity index (χ3n) is 3.32. The van der Waals surface area contributed by atoms with Crippen molar-refractivity contribution in [2.75, 3.05) is 5.32 Å². The van der Waals surface area contributed by atoms with E-state index in [0.717, 1.165) is 5.69 Å². The first-order valence-corrected chi connectivity index (χ1v) is 7.55. The molecular formula is C15H18Cl3FN6. The van der Waals surface area contributed by atoms with Crippen molar-refractivity contribution in [1.82, 2.24) is 19.9 Å². The number of pyridine rings is 1. The Morgan fingerprint density at radius 3 is 2.72 bits per heavy atom. The van der Waals surface area contributed by atoms with Crippen molar-refractivity contribution >= 4 is 53.3 Å². The quantitative estimate of drug-likeness (QED) is 0.563. The third-order valence-corrected chi connectivity index (χ3v) is 3.49. The summed E-state index contributed by atoms with van der Waals surface area (Å²) in [5.41, 5.74) is 7.30. The van der Waals surface area contributed by atoms with E-state index in [-0.39, 0.29) is 41.5 Å². The minimum atomic E-state index is -0.405. The van der Waals surface area contributed by atoms with Crippen LogP contribution in [-0.2, 0) is 13.0 Å². The molecule has 4 N–H and O–H groups in total. The summed E-state index contributed by atoms with van der Waals surface area (Å²) in [6.45, 7) is 2.21. The highest BCUT2D eigenvalue weighted by atomic mass is 35.5. The number of hydrogen-bond donors (Lipinski definition) is 3. The summed E-state index contributed by atoms with van der Waals surface area (Å²) in [6.07, 6.45) is 2.07. The first kappa shape index (κ1) is 21.4. The average Bonchev–Trinajstić information content (AvgIpc) is 2.81. The number of anilines is 1. The van der Waals surface area contributed by atoms with Gasteiger partial charge in [0.1, 0.15) is 11.5 Å². The highest BCUT2D eigenvalue weighted by Crippen LogP contribution is 2.28. The summed E-state index contributed by atoms with van der Waals surface area (Å²) in [4.78, 5) is 15.3. The molecule has 6 nitrogen and oxygen atoms in total. The van der Waals surface area contributed by atoms with Gasteiger partial charge in [-0.05, 0) is 30.7 Å². The Labute approximate surface area is 161 Å². The maximum absolute atomic E-state index is 14.6. The van der Waals surface area contributed by atoms with E-state index in [1.54, 1.807) is 6.20 Å². The first-order valence-electron chi connectivity index (χ1n) is 7.17. The van der Waals surface area contributed by atoms with E-state index >= 15 is 0 Å². The Bertz CT molecular complexity index is 825. The van der Waals surface area contributed by atoms with Crippen molar-refractivity contribution < 1.29 is 4.39 Å². The van der Waals surface area contributed by atoms with Gasteiger partial charge in [0.15, 0.2) is 5.82 Å². The van der Waals surface area contributed by atoms with E-state index < -0.39 is 5.82 Å². The second kappa shape index (κ2) is 9.15. The lowest BCUT2D eigenvalue weighted by Crippen LogP contribution is -2.18. The Morgan fingerprint density at radius 2 is 2.08 bits per heavy atom. The van der Waals surface area contributed by atoms with Crippen LogP contribution in [0.25, 0.3) is 11.0 Å². The molecule has 0 amide bonds. The molecule has 0 aliphatic rings.